The van der Waals surface area contributed by atoms with Crippen molar-refractivity contribution in [2.75, 3.05) is 20.3 Å². The van der Waals surface area contributed by atoms with E-state index in [0.717, 1.165) is 0 Å². The third-order valence-corrected chi connectivity index (χ3v) is 4.57. The minimum atomic E-state index is -3.97. The highest BCUT2D eigenvalue weighted by Crippen LogP contribution is 2.26. The molecule has 9 heteroatoms. The Balaban J connectivity index is 2.87. The lowest BCUT2D eigenvalue weighted by atomic mass is 10.3. The predicted molar refractivity (Wildman–Crippen MR) is 82.5 cm³/mol. The van der Waals surface area contributed by atoms with Crippen LogP contribution >= 0.6 is 11.6 Å². The van der Waals surface area contributed by atoms with Gasteiger partial charge in [-0.1, -0.05) is 11.6 Å². The van der Waals surface area contributed by atoms with Crippen LogP contribution in [0.3, 0.4) is 0 Å². The SMILES string of the molecule is COc1ccc(Cl)cc1S(=O)(=O)N[C@H](C)C(=O)NCCCO. The molecule has 0 heterocycles. The average molecular weight is 351 g/mol. The van der Waals surface area contributed by atoms with Crippen LogP contribution < -0.4 is 14.8 Å². The molecule has 124 valence electrons. The van der Waals surface area contributed by atoms with Crippen LogP contribution in [0.25, 0.3) is 0 Å². The van der Waals surface area contributed by atoms with Crippen LogP contribution in [0.2, 0.25) is 5.02 Å². The lowest BCUT2D eigenvalue weighted by molar-refractivity contribution is -0.122. The van der Waals surface area contributed by atoms with E-state index in [4.69, 9.17) is 21.4 Å². The van der Waals surface area contributed by atoms with Gasteiger partial charge in [-0.25, -0.2) is 8.42 Å². The summed E-state index contributed by atoms with van der Waals surface area (Å²) in [6.45, 7) is 1.63. The number of benzene rings is 1. The molecule has 0 spiro atoms. The molecule has 0 saturated heterocycles. The molecule has 0 bridgehead atoms. The van der Waals surface area contributed by atoms with Crippen LogP contribution in [-0.2, 0) is 14.8 Å². The standard InChI is InChI=1S/C13H19ClN2O5S/c1-9(13(18)15-6-3-7-17)16-22(19,20)12-8-10(14)4-5-11(12)21-2/h4-5,8-9,16-17H,3,6-7H2,1-2H3,(H,15,18)/t9-/m1/s1. The number of nitrogens with one attached hydrogen (secondary N) is 2. The molecule has 0 fully saturated rings. The van der Waals surface area contributed by atoms with Gasteiger partial charge in [0.2, 0.25) is 15.9 Å². The van der Waals surface area contributed by atoms with Crippen molar-refractivity contribution < 1.29 is 23.1 Å². The third kappa shape index (κ3) is 5.13. The number of aliphatic hydroxyl groups is 1. The van der Waals surface area contributed by atoms with Gasteiger partial charge in [-0.3, -0.25) is 4.79 Å². The quantitative estimate of drug-likeness (QED) is 0.593. The summed E-state index contributed by atoms with van der Waals surface area (Å²) in [5.41, 5.74) is 0. The highest BCUT2D eigenvalue weighted by molar-refractivity contribution is 7.89. The van der Waals surface area contributed by atoms with Crippen molar-refractivity contribution in [3.05, 3.63) is 23.2 Å². The Morgan fingerprint density at radius 2 is 2.14 bits per heavy atom. The van der Waals surface area contributed by atoms with Gasteiger partial charge in [-0.15, -0.1) is 0 Å². The van der Waals surface area contributed by atoms with E-state index in [1.165, 1.54) is 32.2 Å². The number of sulfonamides is 1. The fourth-order valence-corrected chi connectivity index (χ4v) is 3.29. The molecule has 0 radical (unpaired) electrons. The maximum Gasteiger partial charge on any atom is 0.245 e. The normalized spacial score (nSPS) is 12.7. The summed E-state index contributed by atoms with van der Waals surface area (Å²) in [4.78, 5) is 11.6. The largest absolute Gasteiger partial charge is 0.495 e. The number of rotatable bonds is 8. The number of hydrogen-bond acceptors (Lipinski definition) is 5. The summed E-state index contributed by atoms with van der Waals surface area (Å²) in [6.07, 6.45) is 0.396. The Bertz CT molecular complexity index is 621. The summed E-state index contributed by atoms with van der Waals surface area (Å²) in [5.74, 6) is -0.359. The second-order valence-electron chi connectivity index (χ2n) is 4.51. The van der Waals surface area contributed by atoms with Crippen molar-refractivity contribution in [1.82, 2.24) is 10.0 Å². The number of ether oxygens (including phenoxy) is 1. The summed E-state index contributed by atoms with van der Waals surface area (Å²) in [7, 11) is -2.63. The number of halogens is 1. The number of carbonyl (C=O) groups is 1. The fourth-order valence-electron chi connectivity index (χ4n) is 1.65. The highest BCUT2D eigenvalue weighted by atomic mass is 35.5. The maximum atomic E-state index is 12.3. The van der Waals surface area contributed by atoms with Crippen LogP contribution in [0.5, 0.6) is 5.75 Å². The molecular weight excluding hydrogens is 332 g/mol. The molecule has 1 aromatic rings. The van der Waals surface area contributed by atoms with Gasteiger partial charge in [0, 0.05) is 18.2 Å². The third-order valence-electron chi connectivity index (χ3n) is 2.77. The first-order valence-electron chi connectivity index (χ1n) is 6.56. The Labute approximate surface area is 134 Å². The van der Waals surface area contributed by atoms with E-state index in [-0.39, 0.29) is 28.8 Å². The molecule has 1 aromatic carbocycles. The van der Waals surface area contributed by atoms with Crippen LogP contribution in [0.4, 0.5) is 0 Å². The van der Waals surface area contributed by atoms with E-state index in [2.05, 4.69) is 10.0 Å². The molecule has 0 unspecified atom stereocenters. The number of aliphatic hydroxyl groups excluding tert-OH is 1. The monoisotopic (exact) mass is 350 g/mol. The second-order valence-corrected chi connectivity index (χ2v) is 6.63. The first-order chi connectivity index (χ1) is 10.3. The topological polar surface area (TPSA) is 105 Å². The Kier molecular flexibility index (Phi) is 7.08. The maximum absolute atomic E-state index is 12.3. The van der Waals surface area contributed by atoms with E-state index in [0.29, 0.717) is 6.42 Å². The Hall–Kier alpha value is -1.35. The van der Waals surface area contributed by atoms with Crippen LogP contribution in [0.15, 0.2) is 23.1 Å². The minimum absolute atomic E-state index is 0.0555. The summed E-state index contributed by atoms with van der Waals surface area (Å²) in [6, 6.07) is 3.21. The van der Waals surface area contributed by atoms with Gasteiger partial charge in [-0.05, 0) is 31.5 Å². The lowest BCUT2D eigenvalue weighted by Crippen LogP contribution is -2.45. The molecule has 3 N–H and O–H groups in total. The zero-order valence-corrected chi connectivity index (χ0v) is 13.9. The van der Waals surface area contributed by atoms with Gasteiger partial charge in [-0.2, -0.15) is 4.72 Å². The Morgan fingerprint density at radius 3 is 2.73 bits per heavy atom. The van der Waals surface area contributed by atoms with E-state index in [1.54, 1.807) is 0 Å². The van der Waals surface area contributed by atoms with Gasteiger partial charge in [0.15, 0.2) is 0 Å². The lowest BCUT2D eigenvalue weighted by Gasteiger charge is -2.16. The van der Waals surface area contributed by atoms with Crippen molar-refractivity contribution >= 4 is 27.5 Å². The van der Waals surface area contributed by atoms with Gasteiger partial charge in [0.25, 0.3) is 0 Å². The number of amides is 1. The minimum Gasteiger partial charge on any atom is -0.495 e. The molecule has 0 aliphatic rings. The van der Waals surface area contributed by atoms with Gasteiger partial charge < -0.3 is 15.2 Å². The zero-order chi connectivity index (χ0) is 16.8. The molecular formula is C13H19ClN2O5S. The summed E-state index contributed by atoms with van der Waals surface area (Å²) in [5, 5.41) is 11.4. The number of hydrogen-bond donors (Lipinski definition) is 3. The molecule has 0 aliphatic heterocycles. The molecule has 0 aliphatic carbocycles. The second kappa shape index (κ2) is 8.33. The van der Waals surface area contributed by atoms with Crippen molar-refractivity contribution in [2.24, 2.45) is 0 Å². The van der Waals surface area contributed by atoms with E-state index < -0.39 is 22.0 Å². The van der Waals surface area contributed by atoms with E-state index >= 15 is 0 Å². The molecule has 7 nitrogen and oxygen atoms in total. The predicted octanol–water partition coefficient (Wildman–Crippen LogP) is 0.514. The van der Waals surface area contributed by atoms with Crippen LogP contribution in [-0.4, -0.2) is 45.7 Å². The molecule has 0 aromatic heterocycles. The van der Waals surface area contributed by atoms with Crippen molar-refractivity contribution in [1.29, 1.82) is 0 Å². The number of carbonyl (C=O) groups excluding carboxylic acids is 1. The van der Waals surface area contributed by atoms with Crippen molar-refractivity contribution in [3.63, 3.8) is 0 Å². The smallest absolute Gasteiger partial charge is 0.245 e. The summed E-state index contributed by atoms with van der Waals surface area (Å²) < 4.78 is 31.9. The molecule has 1 atom stereocenters. The van der Waals surface area contributed by atoms with Crippen molar-refractivity contribution in [3.8, 4) is 5.75 Å². The molecule has 1 rings (SSSR count). The Morgan fingerprint density at radius 1 is 1.45 bits per heavy atom. The van der Waals surface area contributed by atoms with E-state index in [9.17, 15) is 13.2 Å². The van der Waals surface area contributed by atoms with Gasteiger partial charge in [0.1, 0.15) is 10.6 Å². The first kappa shape index (κ1) is 18.7. The van der Waals surface area contributed by atoms with Crippen molar-refractivity contribution in [2.45, 2.75) is 24.3 Å². The zero-order valence-electron chi connectivity index (χ0n) is 12.3. The summed E-state index contributed by atoms with van der Waals surface area (Å²) >= 11 is 5.81. The molecule has 22 heavy (non-hydrogen) atoms. The van der Waals surface area contributed by atoms with E-state index in [1.807, 2.05) is 0 Å². The highest BCUT2D eigenvalue weighted by Gasteiger charge is 2.25. The molecule has 0 saturated carbocycles. The van der Waals surface area contributed by atoms with Gasteiger partial charge in [0.05, 0.1) is 13.2 Å². The first-order valence-corrected chi connectivity index (χ1v) is 8.42. The average Bonchev–Trinajstić information content (AvgIpc) is 2.46. The van der Waals surface area contributed by atoms with Crippen LogP contribution in [0.1, 0.15) is 13.3 Å². The molecule has 1 amide bonds. The number of methoxy groups -OCH3 is 1. The van der Waals surface area contributed by atoms with Crippen LogP contribution in [0, 0.1) is 0 Å². The fraction of sp³-hybridized carbons (Fsp3) is 0.462. The van der Waals surface area contributed by atoms with Gasteiger partial charge >= 0.3 is 0 Å².